The van der Waals surface area contributed by atoms with Crippen molar-refractivity contribution < 1.29 is 22.7 Å². The van der Waals surface area contributed by atoms with E-state index in [2.05, 4.69) is 22.7 Å². The maximum atomic E-state index is 12.7. The van der Waals surface area contributed by atoms with Crippen LogP contribution in [0, 0.1) is 17.8 Å². The lowest BCUT2D eigenvalue weighted by molar-refractivity contribution is -0.119. The van der Waals surface area contributed by atoms with Gasteiger partial charge < -0.3 is 9.47 Å². The summed E-state index contributed by atoms with van der Waals surface area (Å²) in [6.45, 7) is -0.373. The number of benzene rings is 2. The average Bonchev–Trinajstić information content (AvgIpc) is 2.85. The molecule has 0 aromatic heterocycles. The Morgan fingerprint density at radius 3 is 2.19 bits per heavy atom. The Balaban J connectivity index is 1.28. The molecule has 2 aromatic rings. The third kappa shape index (κ3) is 5.19. The van der Waals surface area contributed by atoms with Gasteiger partial charge in [0.1, 0.15) is 6.54 Å². The Morgan fingerprint density at radius 1 is 1.03 bits per heavy atom. The van der Waals surface area contributed by atoms with Gasteiger partial charge in [0.15, 0.2) is 11.5 Å². The first kappa shape index (κ1) is 25.6. The fourth-order valence-corrected chi connectivity index (χ4v) is 8.06. The van der Waals surface area contributed by atoms with E-state index >= 15 is 0 Å². The molecule has 4 aliphatic carbocycles. The molecular formula is C28H35N3O5S. The second kappa shape index (κ2) is 10.0. The molecule has 4 bridgehead atoms. The van der Waals surface area contributed by atoms with Crippen LogP contribution in [0.4, 0.5) is 5.69 Å². The second-order valence-electron chi connectivity index (χ2n) is 10.9. The predicted octanol–water partition coefficient (Wildman–Crippen LogP) is 4.09. The van der Waals surface area contributed by atoms with Crippen LogP contribution in [0.5, 0.6) is 11.5 Å². The van der Waals surface area contributed by atoms with Gasteiger partial charge in [-0.25, -0.2) is 13.8 Å². The first-order valence-electron chi connectivity index (χ1n) is 12.8. The van der Waals surface area contributed by atoms with Crippen molar-refractivity contribution in [1.29, 1.82) is 0 Å². The zero-order chi connectivity index (χ0) is 26.2. The number of sulfonamides is 1. The third-order valence-electron chi connectivity index (χ3n) is 8.32. The number of ether oxygens (including phenoxy) is 2. The molecule has 6 rings (SSSR count). The molecular weight excluding hydrogens is 490 g/mol. The van der Waals surface area contributed by atoms with Crippen LogP contribution in [0.2, 0.25) is 0 Å². The molecule has 0 aliphatic heterocycles. The van der Waals surface area contributed by atoms with E-state index < -0.39 is 15.9 Å². The summed E-state index contributed by atoms with van der Waals surface area (Å²) in [6.07, 6.45) is 10.4. The van der Waals surface area contributed by atoms with Crippen molar-refractivity contribution in [2.75, 3.05) is 31.3 Å². The Labute approximate surface area is 219 Å². The smallest absolute Gasteiger partial charge is 0.260 e. The third-order valence-corrected chi connectivity index (χ3v) is 9.46. The van der Waals surface area contributed by atoms with E-state index in [4.69, 9.17) is 9.47 Å². The number of para-hydroxylation sites is 1. The molecule has 1 amide bonds. The van der Waals surface area contributed by atoms with Gasteiger partial charge in [-0.05, 0) is 91.5 Å². The summed E-state index contributed by atoms with van der Waals surface area (Å²) in [5.74, 6) is 2.98. The zero-order valence-electron chi connectivity index (χ0n) is 21.6. The van der Waals surface area contributed by atoms with Crippen molar-refractivity contribution >= 4 is 27.8 Å². The summed E-state index contributed by atoms with van der Waals surface area (Å²) >= 11 is 0. The van der Waals surface area contributed by atoms with E-state index in [9.17, 15) is 13.2 Å². The number of rotatable bonds is 9. The Morgan fingerprint density at radius 2 is 1.65 bits per heavy atom. The number of carbonyl (C=O) groups excluding carboxylic acids is 1. The zero-order valence-corrected chi connectivity index (χ0v) is 22.5. The number of nitrogens with one attached hydrogen (secondary N) is 1. The maximum absolute atomic E-state index is 12.7. The molecule has 0 spiro atoms. The van der Waals surface area contributed by atoms with Gasteiger partial charge in [0.25, 0.3) is 5.91 Å². The molecule has 8 nitrogen and oxygen atoms in total. The Bertz CT molecular complexity index is 1250. The fourth-order valence-electron chi connectivity index (χ4n) is 7.20. The average molecular weight is 526 g/mol. The van der Waals surface area contributed by atoms with E-state index in [0.29, 0.717) is 22.7 Å². The van der Waals surface area contributed by atoms with Crippen LogP contribution in [0.1, 0.15) is 49.7 Å². The van der Waals surface area contributed by atoms with Crippen molar-refractivity contribution in [1.82, 2.24) is 5.43 Å². The number of carbonyl (C=O) groups is 1. The number of hydrogen-bond acceptors (Lipinski definition) is 6. The minimum Gasteiger partial charge on any atom is -0.493 e. The van der Waals surface area contributed by atoms with Crippen LogP contribution in [0.3, 0.4) is 0 Å². The van der Waals surface area contributed by atoms with E-state index in [1.807, 2.05) is 12.1 Å². The molecule has 0 atom stereocenters. The summed E-state index contributed by atoms with van der Waals surface area (Å²) in [5.41, 5.74) is 5.05. The molecule has 4 aliphatic rings. The van der Waals surface area contributed by atoms with E-state index in [1.165, 1.54) is 64.5 Å². The molecule has 1 N–H and O–H groups in total. The highest BCUT2D eigenvalue weighted by molar-refractivity contribution is 7.92. The van der Waals surface area contributed by atoms with Crippen LogP contribution in [0.25, 0.3) is 0 Å². The molecule has 4 fully saturated rings. The van der Waals surface area contributed by atoms with Crippen LogP contribution in [-0.2, 0) is 20.2 Å². The van der Waals surface area contributed by atoms with Crippen molar-refractivity contribution in [3.63, 3.8) is 0 Å². The molecule has 0 unspecified atom stereocenters. The van der Waals surface area contributed by atoms with Crippen molar-refractivity contribution in [2.24, 2.45) is 22.9 Å². The van der Waals surface area contributed by atoms with Crippen molar-refractivity contribution in [3.8, 4) is 11.5 Å². The van der Waals surface area contributed by atoms with E-state index in [1.54, 1.807) is 18.2 Å². The minimum atomic E-state index is -3.68. The highest BCUT2D eigenvalue weighted by atomic mass is 32.2. The lowest BCUT2D eigenvalue weighted by Crippen LogP contribution is -2.48. The van der Waals surface area contributed by atoms with Crippen LogP contribution in [0.15, 0.2) is 47.6 Å². The minimum absolute atomic E-state index is 0.233. The van der Waals surface area contributed by atoms with Gasteiger partial charge in [-0.15, -0.1) is 0 Å². The molecule has 0 radical (unpaired) electrons. The maximum Gasteiger partial charge on any atom is 0.260 e. The molecule has 198 valence electrons. The quantitative estimate of drug-likeness (QED) is 0.393. The highest BCUT2D eigenvalue weighted by Gasteiger charge is 2.51. The van der Waals surface area contributed by atoms with Gasteiger partial charge in [-0.2, -0.15) is 5.10 Å². The molecule has 0 heterocycles. The standard InChI is InChI=1S/C28H35N3O5S/c1-35-25-6-4-5-22(27(25)36-2)17-29-30-26(32)18-31(37(3,33)34)24-9-7-23(8-10-24)28-14-19-11-20(15-28)13-21(12-19)16-28/h4-10,17,19-21H,11-16,18H2,1-3H3,(H,30,32)/b29-17-. The topological polar surface area (TPSA) is 97.3 Å². The summed E-state index contributed by atoms with van der Waals surface area (Å²) in [6, 6.07) is 13.1. The Hall–Kier alpha value is -3.07. The first-order valence-corrected chi connectivity index (χ1v) is 14.7. The molecule has 2 aromatic carbocycles. The van der Waals surface area contributed by atoms with Gasteiger partial charge in [-0.3, -0.25) is 9.10 Å². The Kier molecular flexibility index (Phi) is 6.91. The molecule has 37 heavy (non-hydrogen) atoms. The molecule has 9 heteroatoms. The number of anilines is 1. The summed E-state index contributed by atoms with van der Waals surface area (Å²) < 4.78 is 37.0. The molecule has 4 saturated carbocycles. The lowest BCUT2D eigenvalue weighted by atomic mass is 9.48. The largest absolute Gasteiger partial charge is 0.493 e. The van der Waals surface area contributed by atoms with Gasteiger partial charge in [-0.1, -0.05) is 18.2 Å². The van der Waals surface area contributed by atoms with Crippen molar-refractivity contribution in [3.05, 3.63) is 53.6 Å². The van der Waals surface area contributed by atoms with Crippen LogP contribution < -0.4 is 19.2 Å². The molecule has 0 saturated heterocycles. The van der Waals surface area contributed by atoms with Gasteiger partial charge in [0.2, 0.25) is 10.0 Å². The first-order chi connectivity index (χ1) is 17.7. The van der Waals surface area contributed by atoms with Crippen LogP contribution >= 0.6 is 0 Å². The number of hydrazone groups is 1. The number of nitrogens with zero attached hydrogens (tertiary/aromatic N) is 2. The second-order valence-corrected chi connectivity index (χ2v) is 12.8. The van der Waals surface area contributed by atoms with Gasteiger partial charge >= 0.3 is 0 Å². The van der Waals surface area contributed by atoms with Gasteiger partial charge in [0.05, 0.1) is 32.4 Å². The number of methoxy groups -OCH3 is 2. The lowest BCUT2D eigenvalue weighted by Gasteiger charge is -2.57. The number of hydrogen-bond donors (Lipinski definition) is 1. The fraction of sp³-hybridized carbons (Fsp3) is 0.500. The summed E-state index contributed by atoms with van der Waals surface area (Å²) in [4.78, 5) is 12.7. The number of amides is 1. The normalized spacial score (nSPS) is 26.3. The summed E-state index contributed by atoms with van der Waals surface area (Å²) in [7, 11) is -0.626. The monoisotopic (exact) mass is 525 g/mol. The highest BCUT2D eigenvalue weighted by Crippen LogP contribution is 2.60. The SMILES string of the molecule is COc1cccc(/C=N\NC(=O)CN(c2ccc(C34CC5CC(CC(C5)C3)C4)cc2)S(C)(=O)=O)c1OC. The van der Waals surface area contributed by atoms with Crippen molar-refractivity contribution in [2.45, 2.75) is 43.9 Å². The van der Waals surface area contributed by atoms with Gasteiger partial charge in [0, 0.05) is 5.56 Å². The predicted molar refractivity (Wildman–Crippen MR) is 144 cm³/mol. The van der Waals surface area contributed by atoms with E-state index in [-0.39, 0.29) is 12.0 Å². The van der Waals surface area contributed by atoms with E-state index in [0.717, 1.165) is 28.3 Å². The van der Waals surface area contributed by atoms with Crippen LogP contribution in [-0.4, -0.2) is 47.6 Å². The summed E-state index contributed by atoms with van der Waals surface area (Å²) in [5, 5.41) is 3.99.